The molecule has 0 saturated heterocycles. The SMILES string of the molecule is C=C(Nc1ccc(C)c(F)c1)C(C)(C)NC(=O)c1ccc(C)s1. The molecule has 23 heavy (non-hydrogen) atoms. The highest BCUT2D eigenvalue weighted by molar-refractivity contribution is 7.13. The fourth-order valence-corrected chi connectivity index (χ4v) is 2.74. The molecule has 0 saturated carbocycles. The molecule has 0 radical (unpaired) electrons. The fraction of sp³-hybridized carbons (Fsp3) is 0.278. The Morgan fingerprint density at radius 1 is 1.22 bits per heavy atom. The molecule has 0 aliphatic heterocycles. The van der Waals surface area contributed by atoms with Crippen molar-refractivity contribution in [2.24, 2.45) is 0 Å². The van der Waals surface area contributed by atoms with Gasteiger partial charge in [-0.2, -0.15) is 0 Å². The van der Waals surface area contributed by atoms with E-state index in [0.29, 0.717) is 21.8 Å². The Hall–Kier alpha value is -2.14. The van der Waals surface area contributed by atoms with E-state index in [-0.39, 0.29) is 11.7 Å². The fourth-order valence-electron chi connectivity index (χ4n) is 1.98. The van der Waals surface area contributed by atoms with Gasteiger partial charge in [-0.3, -0.25) is 4.79 Å². The summed E-state index contributed by atoms with van der Waals surface area (Å²) in [6.07, 6.45) is 0. The number of hydrogen-bond acceptors (Lipinski definition) is 3. The number of carbonyl (C=O) groups is 1. The normalized spacial score (nSPS) is 11.2. The van der Waals surface area contributed by atoms with Crippen LogP contribution in [0.3, 0.4) is 0 Å². The van der Waals surface area contributed by atoms with Gasteiger partial charge in [0.25, 0.3) is 5.91 Å². The molecule has 122 valence electrons. The van der Waals surface area contributed by atoms with Crippen molar-refractivity contribution in [1.82, 2.24) is 5.32 Å². The van der Waals surface area contributed by atoms with Crippen LogP contribution >= 0.6 is 11.3 Å². The van der Waals surface area contributed by atoms with Crippen molar-refractivity contribution in [3.63, 3.8) is 0 Å². The first kappa shape index (κ1) is 17.2. The number of hydrogen-bond donors (Lipinski definition) is 2. The number of benzene rings is 1. The predicted molar refractivity (Wildman–Crippen MR) is 94.5 cm³/mol. The molecule has 0 aliphatic rings. The summed E-state index contributed by atoms with van der Waals surface area (Å²) in [5, 5.41) is 6.01. The molecule has 1 heterocycles. The maximum atomic E-state index is 13.6. The minimum absolute atomic E-state index is 0.147. The minimum atomic E-state index is -0.684. The molecule has 0 fully saturated rings. The number of carbonyl (C=O) groups excluding carboxylic acids is 1. The van der Waals surface area contributed by atoms with Crippen LogP contribution in [0.4, 0.5) is 10.1 Å². The zero-order valence-corrected chi connectivity index (χ0v) is 14.6. The Labute approximate surface area is 140 Å². The van der Waals surface area contributed by atoms with Crippen molar-refractivity contribution < 1.29 is 9.18 Å². The molecule has 0 bridgehead atoms. The van der Waals surface area contributed by atoms with Gasteiger partial charge in [0.05, 0.1) is 10.4 Å². The Balaban J connectivity index is 2.07. The molecule has 0 atom stereocenters. The van der Waals surface area contributed by atoms with Gasteiger partial charge in [-0.1, -0.05) is 12.6 Å². The van der Waals surface area contributed by atoms with E-state index < -0.39 is 5.54 Å². The second-order valence-corrected chi connectivity index (χ2v) is 7.34. The van der Waals surface area contributed by atoms with Crippen LogP contribution in [0.2, 0.25) is 0 Å². The summed E-state index contributed by atoms with van der Waals surface area (Å²) in [6, 6.07) is 8.61. The van der Waals surface area contributed by atoms with Crippen molar-refractivity contribution in [1.29, 1.82) is 0 Å². The van der Waals surface area contributed by atoms with Crippen molar-refractivity contribution >= 4 is 22.9 Å². The maximum Gasteiger partial charge on any atom is 0.262 e. The van der Waals surface area contributed by atoms with Gasteiger partial charge in [-0.05, 0) is 57.5 Å². The Kier molecular flexibility index (Phi) is 4.90. The van der Waals surface area contributed by atoms with Crippen molar-refractivity contribution in [3.05, 3.63) is 63.7 Å². The van der Waals surface area contributed by atoms with E-state index in [9.17, 15) is 9.18 Å². The van der Waals surface area contributed by atoms with E-state index in [4.69, 9.17) is 0 Å². The van der Waals surface area contributed by atoms with E-state index in [1.807, 2.05) is 26.8 Å². The predicted octanol–water partition coefficient (Wildman–Crippen LogP) is 4.64. The number of rotatable bonds is 5. The first-order chi connectivity index (χ1) is 10.7. The van der Waals surface area contributed by atoms with Gasteiger partial charge in [0, 0.05) is 16.3 Å². The largest absolute Gasteiger partial charge is 0.357 e. The molecule has 2 aromatic rings. The van der Waals surface area contributed by atoms with Crippen molar-refractivity contribution in [3.8, 4) is 0 Å². The summed E-state index contributed by atoms with van der Waals surface area (Å²) in [4.78, 5) is 14.0. The van der Waals surface area contributed by atoms with E-state index in [0.717, 1.165) is 4.88 Å². The van der Waals surface area contributed by atoms with Gasteiger partial charge >= 0.3 is 0 Å². The molecule has 3 nitrogen and oxygen atoms in total. The lowest BCUT2D eigenvalue weighted by molar-refractivity contribution is 0.0929. The van der Waals surface area contributed by atoms with Crippen LogP contribution in [0, 0.1) is 19.7 Å². The van der Waals surface area contributed by atoms with E-state index in [1.165, 1.54) is 17.4 Å². The summed E-state index contributed by atoms with van der Waals surface area (Å²) in [6.45, 7) is 11.4. The van der Waals surface area contributed by atoms with Crippen molar-refractivity contribution in [2.75, 3.05) is 5.32 Å². The van der Waals surface area contributed by atoms with Gasteiger partial charge in [0.15, 0.2) is 0 Å². The quantitative estimate of drug-likeness (QED) is 0.837. The minimum Gasteiger partial charge on any atom is -0.357 e. The molecular weight excluding hydrogens is 311 g/mol. The molecule has 0 unspecified atom stereocenters. The summed E-state index contributed by atoms with van der Waals surface area (Å²) >= 11 is 1.44. The topological polar surface area (TPSA) is 41.1 Å². The highest BCUT2D eigenvalue weighted by Gasteiger charge is 2.25. The van der Waals surface area contributed by atoms with E-state index in [2.05, 4.69) is 17.2 Å². The third-order valence-corrected chi connectivity index (χ3v) is 4.61. The second kappa shape index (κ2) is 6.54. The third kappa shape index (κ3) is 4.20. The third-order valence-electron chi connectivity index (χ3n) is 3.61. The molecule has 1 amide bonds. The van der Waals surface area contributed by atoms with Crippen LogP contribution in [-0.4, -0.2) is 11.4 Å². The number of amides is 1. The summed E-state index contributed by atoms with van der Waals surface area (Å²) in [5.41, 5.74) is 1.09. The Morgan fingerprint density at radius 2 is 1.91 bits per heavy atom. The van der Waals surface area contributed by atoms with Crippen LogP contribution in [-0.2, 0) is 0 Å². The molecule has 2 rings (SSSR count). The van der Waals surface area contributed by atoms with Crippen LogP contribution < -0.4 is 10.6 Å². The lowest BCUT2D eigenvalue weighted by atomic mass is 10.0. The molecular formula is C18H21FN2OS. The lowest BCUT2D eigenvalue weighted by Gasteiger charge is -2.29. The molecule has 0 spiro atoms. The van der Waals surface area contributed by atoms with Crippen LogP contribution in [0.5, 0.6) is 0 Å². The Bertz CT molecular complexity index is 749. The maximum absolute atomic E-state index is 13.6. The number of thiophene rings is 1. The van der Waals surface area contributed by atoms with Crippen LogP contribution in [0.25, 0.3) is 0 Å². The highest BCUT2D eigenvalue weighted by atomic mass is 32.1. The monoisotopic (exact) mass is 332 g/mol. The van der Waals surface area contributed by atoms with Gasteiger partial charge in [0.1, 0.15) is 5.82 Å². The number of aryl methyl sites for hydroxylation is 2. The zero-order chi connectivity index (χ0) is 17.2. The molecule has 1 aromatic heterocycles. The smallest absolute Gasteiger partial charge is 0.262 e. The van der Waals surface area contributed by atoms with E-state index >= 15 is 0 Å². The van der Waals surface area contributed by atoms with Gasteiger partial charge in [-0.15, -0.1) is 11.3 Å². The molecule has 0 aliphatic carbocycles. The summed E-state index contributed by atoms with van der Waals surface area (Å²) in [7, 11) is 0. The van der Waals surface area contributed by atoms with Gasteiger partial charge < -0.3 is 10.6 Å². The van der Waals surface area contributed by atoms with Crippen LogP contribution in [0.1, 0.15) is 34.0 Å². The summed E-state index contributed by atoms with van der Waals surface area (Å²) < 4.78 is 13.6. The summed E-state index contributed by atoms with van der Waals surface area (Å²) in [5.74, 6) is -0.426. The van der Waals surface area contributed by atoms with Crippen LogP contribution in [0.15, 0.2) is 42.6 Å². The van der Waals surface area contributed by atoms with E-state index in [1.54, 1.807) is 25.1 Å². The second-order valence-electron chi connectivity index (χ2n) is 6.06. The average molecular weight is 332 g/mol. The zero-order valence-electron chi connectivity index (χ0n) is 13.8. The molecule has 2 N–H and O–H groups in total. The van der Waals surface area contributed by atoms with Gasteiger partial charge in [-0.25, -0.2) is 4.39 Å². The molecule has 5 heteroatoms. The average Bonchev–Trinajstić information content (AvgIpc) is 2.89. The van der Waals surface area contributed by atoms with Crippen molar-refractivity contribution in [2.45, 2.75) is 33.2 Å². The Morgan fingerprint density at radius 3 is 2.48 bits per heavy atom. The lowest BCUT2D eigenvalue weighted by Crippen LogP contribution is -2.46. The first-order valence-electron chi connectivity index (χ1n) is 7.30. The first-order valence-corrected chi connectivity index (χ1v) is 8.12. The number of halogens is 1. The molecule has 1 aromatic carbocycles. The van der Waals surface area contributed by atoms with Gasteiger partial charge in [0.2, 0.25) is 0 Å². The number of anilines is 1. The standard InChI is InChI=1S/C18H21FN2OS/c1-11-6-8-14(10-15(11)19)20-13(3)18(4,5)21-17(22)16-9-7-12(2)23-16/h6-10,20H,3H2,1-2,4-5H3,(H,21,22). The highest BCUT2D eigenvalue weighted by Crippen LogP contribution is 2.22. The number of nitrogens with one attached hydrogen (secondary N) is 2.